The van der Waals surface area contributed by atoms with Gasteiger partial charge in [-0.3, -0.25) is 0 Å². The predicted octanol–water partition coefficient (Wildman–Crippen LogP) is 2.13. The summed E-state index contributed by atoms with van der Waals surface area (Å²) in [5.41, 5.74) is 5.66. The molecule has 0 radical (unpaired) electrons. The molecule has 2 unspecified atom stereocenters. The molecule has 0 amide bonds. The Kier molecular flexibility index (Phi) is 7.51. The molecule has 1 aliphatic rings. The second-order valence-electron chi connectivity index (χ2n) is 5.41. The number of hydrogen-bond donors (Lipinski definition) is 1. The van der Waals surface area contributed by atoms with Gasteiger partial charge in [-0.05, 0) is 25.0 Å². The Hall–Kier alpha value is -1.07. The Morgan fingerprint density at radius 3 is 2.60 bits per heavy atom. The summed E-state index contributed by atoms with van der Waals surface area (Å²) in [6.45, 7) is 0.283. The number of hydrogen-bond acceptors (Lipinski definition) is 5. The van der Waals surface area contributed by atoms with Crippen LogP contribution in [-0.2, 0) is 14.8 Å². The lowest BCUT2D eigenvalue weighted by Gasteiger charge is -2.37. The zero-order valence-corrected chi connectivity index (χ0v) is 15.0. The van der Waals surface area contributed by atoms with E-state index in [0.717, 1.165) is 12.1 Å². The Balaban J connectivity index is 0.00000312. The first kappa shape index (κ1) is 22.0. The van der Waals surface area contributed by atoms with E-state index in [1.165, 1.54) is 16.4 Å². The lowest BCUT2D eigenvalue weighted by molar-refractivity contribution is -0.274. The van der Waals surface area contributed by atoms with Gasteiger partial charge in [0.05, 0.1) is 11.0 Å². The van der Waals surface area contributed by atoms with Crippen LogP contribution in [0.4, 0.5) is 13.2 Å². The Morgan fingerprint density at radius 1 is 1.36 bits per heavy atom. The number of piperidine rings is 1. The van der Waals surface area contributed by atoms with Crippen LogP contribution < -0.4 is 10.5 Å². The lowest BCUT2D eigenvalue weighted by atomic mass is 10.0. The number of halogens is 4. The van der Waals surface area contributed by atoms with Crippen molar-refractivity contribution in [2.45, 2.75) is 36.2 Å². The number of sulfonamides is 1. The van der Waals surface area contributed by atoms with Gasteiger partial charge in [0.25, 0.3) is 0 Å². The van der Waals surface area contributed by atoms with E-state index in [0.29, 0.717) is 12.8 Å². The van der Waals surface area contributed by atoms with Crippen LogP contribution in [0.2, 0.25) is 0 Å². The number of nitrogens with zero attached hydrogens (tertiary/aromatic N) is 1. The summed E-state index contributed by atoms with van der Waals surface area (Å²) in [5, 5.41) is 0. The van der Waals surface area contributed by atoms with Gasteiger partial charge in [0.1, 0.15) is 5.75 Å². The number of rotatable bonds is 5. The van der Waals surface area contributed by atoms with E-state index in [1.807, 2.05) is 0 Å². The summed E-state index contributed by atoms with van der Waals surface area (Å²) in [7, 11) is -2.44. The number of alkyl halides is 3. The maximum Gasteiger partial charge on any atom is 0.573 e. The molecular weight excluding hydrogens is 385 g/mol. The van der Waals surface area contributed by atoms with E-state index in [1.54, 1.807) is 7.11 Å². The molecule has 0 aromatic heterocycles. The molecule has 1 saturated heterocycles. The second-order valence-corrected chi connectivity index (χ2v) is 7.30. The van der Waals surface area contributed by atoms with Gasteiger partial charge in [0, 0.05) is 32.3 Å². The van der Waals surface area contributed by atoms with E-state index >= 15 is 0 Å². The summed E-state index contributed by atoms with van der Waals surface area (Å²) in [5.74, 6) is -0.584. The van der Waals surface area contributed by atoms with Crippen LogP contribution >= 0.6 is 12.4 Å². The zero-order valence-electron chi connectivity index (χ0n) is 13.4. The van der Waals surface area contributed by atoms with Crippen molar-refractivity contribution in [1.82, 2.24) is 4.31 Å². The van der Waals surface area contributed by atoms with Crippen LogP contribution in [0.5, 0.6) is 5.75 Å². The highest BCUT2D eigenvalue weighted by molar-refractivity contribution is 7.89. The molecule has 0 saturated carbocycles. The molecule has 2 N–H and O–H groups in total. The normalized spacial score (nSPS) is 22.3. The van der Waals surface area contributed by atoms with E-state index < -0.39 is 28.2 Å². The van der Waals surface area contributed by atoms with Crippen molar-refractivity contribution in [2.24, 2.45) is 5.73 Å². The highest BCUT2D eigenvalue weighted by Gasteiger charge is 2.37. The molecule has 1 aliphatic heterocycles. The quantitative estimate of drug-likeness (QED) is 0.813. The van der Waals surface area contributed by atoms with Gasteiger partial charge in [-0.15, -0.1) is 25.6 Å². The highest BCUT2D eigenvalue weighted by atomic mass is 35.5. The van der Waals surface area contributed by atoms with Crippen LogP contribution in [0.1, 0.15) is 12.8 Å². The minimum absolute atomic E-state index is 0. The number of nitrogens with two attached hydrogens (primary N) is 1. The fourth-order valence-electron chi connectivity index (χ4n) is 2.70. The van der Waals surface area contributed by atoms with Crippen molar-refractivity contribution >= 4 is 22.4 Å². The van der Waals surface area contributed by atoms with Crippen molar-refractivity contribution in [1.29, 1.82) is 0 Å². The standard InChI is InChI=1S/C14H19F3N2O4S.ClH/c1-22-11-5-6-19(10(7-11)9-18)24(20,21)13-4-2-3-12(8-13)23-14(15,16)17;/h2-4,8,10-11H,5-7,9,18H2,1H3;1H. The Bertz CT molecular complexity index is 672. The van der Waals surface area contributed by atoms with Crippen molar-refractivity contribution < 1.29 is 31.1 Å². The summed E-state index contributed by atoms with van der Waals surface area (Å²) >= 11 is 0. The van der Waals surface area contributed by atoms with Gasteiger partial charge < -0.3 is 15.2 Å². The minimum atomic E-state index is -4.89. The molecule has 0 bridgehead atoms. The van der Waals surface area contributed by atoms with Crippen molar-refractivity contribution in [2.75, 3.05) is 20.2 Å². The van der Waals surface area contributed by atoms with Gasteiger partial charge in [-0.25, -0.2) is 8.42 Å². The maximum atomic E-state index is 12.8. The van der Waals surface area contributed by atoms with E-state index in [2.05, 4.69) is 4.74 Å². The molecule has 1 fully saturated rings. The van der Waals surface area contributed by atoms with Crippen molar-refractivity contribution in [3.05, 3.63) is 24.3 Å². The van der Waals surface area contributed by atoms with E-state index in [4.69, 9.17) is 10.5 Å². The Labute approximate surface area is 150 Å². The average Bonchev–Trinajstić information content (AvgIpc) is 2.52. The summed E-state index contributed by atoms with van der Waals surface area (Å²) in [4.78, 5) is -0.265. The molecule has 1 aromatic rings. The molecule has 11 heteroatoms. The first-order chi connectivity index (χ1) is 11.2. The summed E-state index contributed by atoms with van der Waals surface area (Å²) in [6, 6.07) is 3.87. The predicted molar refractivity (Wildman–Crippen MR) is 87.1 cm³/mol. The molecule has 2 rings (SSSR count). The molecule has 144 valence electrons. The van der Waals surface area contributed by atoms with Gasteiger partial charge >= 0.3 is 6.36 Å². The van der Waals surface area contributed by atoms with Crippen LogP contribution in [-0.4, -0.2) is 51.4 Å². The number of ether oxygens (including phenoxy) is 2. The third-order valence-electron chi connectivity index (χ3n) is 3.86. The van der Waals surface area contributed by atoms with Crippen LogP contribution in [0, 0.1) is 0 Å². The number of methoxy groups -OCH3 is 1. The van der Waals surface area contributed by atoms with Crippen LogP contribution in [0.3, 0.4) is 0 Å². The number of benzene rings is 1. The third kappa shape index (κ3) is 5.45. The molecule has 25 heavy (non-hydrogen) atoms. The molecule has 6 nitrogen and oxygen atoms in total. The minimum Gasteiger partial charge on any atom is -0.406 e. The topological polar surface area (TPSA) is 81.9 Å². The van der Waals surface area contributed by atoms with E-state index in [9.17, 15) is 21.6 Å². The summed E-state index contributed by atoms with van der Waals surface area (Å²) in [6.07, 6.45) is -4.06. The lowest BCUT2D eigenvalue weighted by Crippen LogP contribution is -2.51. The largest absolute Gasteiger partial charge is 0.573 e. The van der Waals surface area contributed by atoms with Crippen molar-refractivity contribution in [3.8, 4) is 5.75 Å². The smallest absolute Gasteiger partial charge is 0.406 e. The molecule has 0 spiro atoms. The molecule has 1 aromatic carbocycles. The first-order valence-electron chi connectivity index (χ1n) is 7.28. The fourth-order valence-corrected chi connectivity index (χ4v) is 4.40. The first-order valence-corrected chi connectivity index (χ1v) is 8.72. The van der Waals surface area contributed by atoms with Gasteiger partial charge in [0.2, 0.25) is 10.0 Å². The van der Waals surface area contributed by atoms with Gasteiger partial charge in [-0.1, -0.05) is 6.07 Å². The molecule has 2 atom stereocenters. The monoisotopic (exact) mass is 404 g/mol. The van der Waals surface area contributed by atoms with Gasteiger partial charge in [-0.2, -0.15) is 4.31 Å². The average molecular weight is 405 g/mol. The van der Waals surface area contributed by atoms with Crippen molar-refractivity contribution in [3.63, 3.8) is 0 Å². The Morgan fingerprint density at radius 2 is 2.04 bits per heavy atom. The maximum absolute atomic E-state index is 12.8. The molecule has 0 aliphatic carbocycles. The molecule has 1 heterocycles. The highest BCUT2D eigenvalue weighted by Crippen LogP contribution is 2.29. The SMILES string of the molecule is COC1CCN(S(=O)(=O)c2cccc(OC(F)(F)F)c2)C(CN)C1.Cl. The van der Waals surface area contributed by atoms with Crippen LogP contribution in [0.15, 0.2) is 29.2 Å². The van der Waals surface area contributed by atoms with Crippen LogP contribution in [0.25, 0.3) is 0 Å². The fraction of sp³-hybridized carbons (Fsp3) is 0.571. The zero-order chi connectivity index (χ0) is 18.0. The molecular formula is C14H20ClF3N2O4S. The second kappa shape index (κ2) is 8.54. The van der Waals surface area contributed by atoms with Gasteiger partial charge in [0.15, 0.2) is 0 Å². The third-order valence-corrected chi connectivity index (χ3v) is 5.81. The summed E-state index contributed by atoms with van der Waals surface area (Å²) < 4.78 is 72.7. The van der Waals surface area contributed by atoms with E-state index in [-0.39, 0.29) is 36.5 Å².